The number of nitrogens with one attached hydrogen (secondary N) is 1. The van der Waals surface area contributed by atoms with E-state index in [0.717, 1.165) is 41.9 Å². The molecular formula is C19H22F2N2O. The van der Waals surface area contributed by atoms with Gasteiger partial charge in [-0.05, 0) is 80.9 Å². The molecule has 24 heavy (non-hydrogen) atoms. The summed E-state index contributed by atoms with van der Waals surface area (Å²) in [6, 6.07) is 9.31. The van der Waals surface area contributed by atoms with Crippen molar-refractivity contribution in [3.8, 4) is 0 Å². The lowest BCUT2D eigenvalue weighted by Gasteiger charge is -2.36. The molecule has 0 fully saturated rings. The topological polar surface area (TPSA) is 24.5 Å². The van der Waals surface area contributed by atoms with Gasteiger partial charge in [-0.2, -0.15) is 0 Å². The van der Waals surface area contributed by atoms with E-state index in [-0.39, 0.29) is 17.7 Å². The number of hydrogen-bond donors (Lipinski definition) is 1. The maximum absolute atomic E-state index is 13.7. The first-order chi connectivity index (χ1) is 11.6. The van der Waals surface area contributed by atoms with Crippen molar-refractivity contribution in [2.75, 3.05) is 18.7 Å². The summed E-state index contributed by atoms with van der Waals surface area (Å²) in [5.41, 5.74) is 3.29. The average molecular weight is 332 g/mol. The van der Waals surface area contributed by atoms with Crippen molar-refractivity contribution in [3.63, 3.8) is 0 Å². The van der Waals surface area contributed by atoms with E-state index in [0.29, 0.717) is 6.42 Å². The molecule has 0 aromatic heterocycles. The number of fused-ring (bicyclic) bond motifs is 1. The summed E-state index contributed by atoms with van der Waals surface area (Å²) in [6.45, 7) is 2.75. The monoisotopic (exact) mass is 332 g/mol. The van der Waals surface area contributed by atoms with Gasteiger partial charge in [-0.15, -0.1) is 0 Å². The van der Waals surface area contributed by atoms with Crippen LogP contribution in [0.25, 0.3) is 0 Å². The average Bonchev–Trinajstić information content (AvgIpc) is 2.54. The summed E-state index contributed by atoms with van der Waals surface area (Å²) in [7, 11) is 1.92. The van der Waals surface area contributed by atoms with Gasteiger partial charge < -0.3 is 5.32 Å². The number of halogens is 2. The van der Waals surface area contributed by atoms with Crippen LogP contribution in [0.3, 0.4) is 0 Å². The van der Waals surface area contributed by atoms with E-state index in [4.69, 9.17) is 4.84 Å². The first-order valence-electron chi connectivity index (χ1n) is 8.24. The predicted molar refractivity (Wildman–Crippen MR) is 91.4 cm³/mol. The smallest absolute Gasteiger partial charge is 0.123 e. The molecule has 3 nitrogen and oxygen atoms in total. The highest BCUT2D eigenvalue weighted by atomic mass is 19.1. The molecule has 0 amide bonds. The summed E-state index contributed by atoms with van der Waals surface area (Å²) >= 11 is 0. The highest BCUT2D eigenvalue weighted by Gasteiger charge is 2.27. The number of anilines is 2. The molecule has 0 bridgehead atoms. The maximum Gasteiger partial charge on any atom is 0.123 e. The Morgan fingerprint density at radius 3 is 2.54 bits per heavy atom. The van der Waals surface area contributed by atoms with E-state index in [9.17, 15) is 8.78 Å². The van der Waals surface area contributed by atoms with Crippen molar-refractivity contribution < 1.29 is 13.6 Å². The molecule has 1 aliphatic rings. The largest absolute Gasteiger partial charge is 0.320 e. The lowest BCUT2D eigenvalue weighted by atomic mass is 10.00. The molecule has 1 atom stereocenters. The van der Waals surface area contributed by atoms with Crippen molar-refractivity contribution >= 4 is 11.4 Å². The van der Waals surface area contributed by atoms with E-state index in [1.807, 2.05) is 14.0 Å². The SMILES string of the molecule is CNCCCC1Cc2cc(F)ccc2N(c2ccc(F)cc2C)O1. The molecule has 0 saturated carbocycles. The first-order valence-corrected chi connectivity index (χ1v) is 8.24. The third kappa shape index (κ3) is 3.57. The zero-order chi connectivity index (χ0) is 17.1. The van der Waals surface area contributed by atoms with Gasteiger partial charge in [0.15, 0.2) is 0 Å². The fourth-order valence-corrected chi connectivity index (χ4v) is 3.10. The van der Waals surface area contributed by atoms with Crippen LogP contribution < -0.4 is 10.4 Å². The molecule has 5 heteroatoms. The van der Waals surface area contributed by atoms with Gasteiger partial charge in [0.1, 0.15) is 11.6 Å². The molecule has 0 spiro atoms. The molecule has 1 N–H and O–H groups in total. The van der Waals surface area contributed by atoms with Crippen LogP contribution in [0.1, 0.15) is 24.0 Å². The van der Waals surface area contributed by atoms with Gasteiger partial charge in [-0.1, -0.05) is 0 Å². The number of rotatable bonds is 5. The van der Waals surface area contributed by atoms with Crippen molar-refractivity contribution in [1.29, 1.82) is 0 Å². The lowest BCUT2D eigenvalue weighted by Crippen LogP contribution is -2.34. The van der Waals surface area contributed by atoms with Crippen molar-refractivity contribution in [1.82, 2.24) is 5.32 Å². The number of benzene rings is 2. The molecular weight excluding hydrogens is 310 g/mol. The van der Waals surface area contributed by atoms with Crippen LogP contribution in [0.4, 0.5) is 20.2 Å². The maximum atomic E-state index is 13.7. The summed E-state index contributed by atoms with van der Waals surface area (Å²) in [4.78, 5) is 6.17. The van der Waals surface area contributed by atoms with Crippen LogP contribution in [0, 0.1) is 18.6 Å². The third-order valence-corrected chi connectivity index (χ3v) is 4.29. The lowest BCUT2D eigenvalue weighted by molar-refractivity contribution is 0.0366. The van der Waals surface area contributed by atoms with Gasteiger partial charge in [0.05, 0.1) is 17.5 Å². The molecule has 2 aromatic carbocycles. The molecule has 1 heterocycles. The normalized spacial score (nSPS) is 17.0. The zero-order valence-corrected chi connectivity index (χ0v) is 14.0. The van der Waals surface area contributed by atoms with Crippen LogP contribution in [0.5, 0.6) is 0 Å². The number of nitrogens with zero attached hydrogens (tertiary/aromatic N) is 1. The molecule has 1 aliphatic heterocycles. The Morgan fingerprint density at radius 1 is 1.12 bits per heavy atom. The fourth-order valence-electron chi connectivity index (χ4n) is 3.10. The Kier molecular flexibility index (Phi) is 5.11. The van der Waals surface area contributed by atoms with Gasteiger partial charge in [-0.25, -0.2) is 13.8 Å². The van der Waals surface area contributed by atoms with E-state index >= 15 is 0 Å². The van der Waals surface area contributed by atoms with Crippen LogP contribution in [0.2, 0.25) is 0 Å². The van der Waals surface area contributed by atoms with Gasteiger partial charge >= 0.3 is 0 Å². The Hall–Kier alpha value is -1.98. The predicted octanol–water partition coefficient (Wildman–Crippen LogP) is 4.27. The van der Waals surface area contributed by atoms with Crippen LogP contribution in [0.15, 0.2) is 36.4 Å². The van der Waals surface area contributed by atoms with E-state index in [2.05, 4.69) is 5.32 Å². The zero-order valence-electron chi connectivity index (χ0n) is 14.0. The molecule has 0 radical (unpaired) electrons. The third-order valence-electron chi connectivity index (χ3n) is 4.29. The Bertz CT molecular complexity index is 721. The van der Waals surface area contributed by atoms with Gasteiger partial charge in [0.2, 0.25) is 0 Å². The standard InChI is InChI=1S/C19H22F2N2O/c1-13-10-15(20)5-7-18(13)23-19-8-6-16(21)11-14(19)12-17(24-23)4-3-9-22-2/h5-8,10-11,17,22H,3-4,9,12H2,1-2H3. The van der Waals surface area contributed by atoms with E-state index in [1.165, 1.54) is 18.2 Å². The molecule has 0 aliphatic carbocycles. The second-order valence-electron chi connectivity index (χ2n) is 6.18. The van der Waals surface area contributed by atoms with Crippen LogP contribution in [-0.4, -0.2) is 19.7 Å². The molecule has 1 unspecified atom stereocenters. The number of hydrogen-bond acceptors (Lipinski definition) is 3. The molecule has 3 rings (SSSR count). The number of aryl methyl sites for hydroxylation is 1. The molecule has 128 valence electrons. The van der Waals surface area contributed by atoms with Gasteiger partial charge in [0, 0.05) is 6.42 Å². The second-order valence-corrected chi connectivity index (χ2v) is 6.18. The van der Waals surface area contributed by atoms with Crippen molar-refractivity contribution in [3.05, 3.63) is 59.2 Å². The van der Waals surface area contributed by atoms with E-state index < -0.39 is 0 Å². The minimum atomic E-state index is -0.279. The summed E-state index contributed by atoms with van der Waals surface area (Å²) in [5.74, 6) is -0.529. The summed E-state index contributed by atoms with van der Waals surface area (Å²) in [6.07, 6.45) is 2.49. The Balaban J connectivity index is 1.94. The summed E-state index contributed by atoms with van der Waals surface area (Å²) < 4.78 is 27.1. The molecule has 0 saturated heterocycles. The first kappa shape index (κ1) is 16.9. The van der Waals surface area contributed by atoms with Crippen molar-refractivity contribution in [2.24, 2.45) is 0 Å². The van der Waals surface area contributed by atoms with E-state index in [1.54, 1.807) is 23.3 Å². The fraction of sp³-hybridized carbons (Fsp3) is 0.368. The minimum Gasteiger partial charge on any atom is -0.320 e. The highest BCUT2D eigenvalue weighted by Crippen LogP contribution is 2.37. The van der Waals surface area contributed by atoms with Gasteiger partial charge in [-0.3, -0.25) is 4.84 Å². The highest BCUT2D eigenvalue weighted by molar-refractivity contribution is 5.67. The van der Waals surface area contributed by atoms with Crippen molar-refractivity contribution in [2.45, 2.75) is 32.3 Å². The molecule has 2 aromatic rings. The second kappa shape index (κ2) is 7.28. The van der Waals surface area contributed by atoms with Gasteiger partial charge in [0.25, 0.3) is 0 Å². The minimum absolute atomic E-state index is 0.0305. The Labute approximate surface area is 141 Å². The quantitative estimate of drug-likeness (QED) is 0.828. The van der Waals surface area contributed by atoms with Crippen LogP contribution >= 0.6 is 0 Å². The Morgan fingerprint density at radius 2 is 1.83 bits per heavy atom. The van der Waals surface area contributed by atoms with Crippen LogP contribution in [-0.2, 0) is 11.3 Å². The summed E-state index contributed by atoms with van der Waals surface area (Å²) in [5, 5.41) is 4.84.